The first-order valence-corrected chi connectivity index (χ1v) is 6.82. The number of rotatable bonds is 4. The molecule has 1 heterocycles. The molecule has 0 bridgehead atoms. The minimum Gasteiger partial charge on any atom is -0.476 e. The van der Waals surface area contributed by atoms with Gasteiger partial charge in [-0.05, 0) is 42.2 Å². The summed E-state index contributed by atoms with van der Waals surface area (Å²) in [6, 6.07) is 6.54. The number of carbonyl (C=O) groups is 1. The minimum absolute atomic E-state index is 0.0344. The summed E-state index contributed by atoms with van der Waals surface area (Å²) >= 11 is 0. The number of carboxylic acid groups (broad SMARTS) is 1. The highest BCUT2D eigenvalue weighted by molar-refractivity contribution is 5.85. The Morgan fingerprint density at radius 1 is 1.52 bits per heavy atom. The van der Waals surface area contributed by atoms with Crippen LogP contribution in [-0.2, 0) is 20.0 Å². The largest absolute Gasteiger partial charge is 0.476 e. The molecule has 0 saturated heterocycles. The highest BCUT2D eigenvalue weighted by Gasteiger charge is 2.23. The lowest BCUT2D eigenvalue weighted by atomic mass is 10.1. The summed E-state index contributed by atoms with van der Waals surface area (Å²) in [4.78, 5) is 10.9. The van der Waals surface area contributed by atoms with Crippen molar-refractivity contribution in [3.63, 3.8) is 0 Å². The quantitative estimate of drug-likeness (QED) is 0.904. The molecule has 1 atom stereocenters. The van der Waals surface area contributed by atoms with Crippen LogP contribution in [-0.4, -0.2) is 20.9 Å². The monoisotopic (exact) mass is 289 g/mol. The number of nitrogens with one attached hydrogen (secondary N) is 1. The molecule has 0 amide bonds. The van der Waals surface area contributed by atoms with Gasteiger partial charge in [0.25, 0.3) is 0 Å². The summed E-state index contributed by atoms with van der Waals surface area (Å²) in [5.41, 5.74) is 2.99. The Hall–Kier alpha value is -2.21. The first-order chi connectivity index (χ1) is 10.0. The van der Waals surface area contributed by atoms with Gasteiger partial charge in [-0.15, -0.1) is 0 Å². The second-order valence-corrected chi connectivity index (χ2v) is 5.26. The molecule has 110 valence electrons. The van der Waals surface area contributed by atoms with E-state index in [1.807, 2.05) is 6.07 Å². The van der Waals surface area contributed by atoms with E-state index in [2.05, 4.69) is 10.4 Å². The van der Waals surface area contributed by atoms with E-state index < -0.39 is 5.97 Å². The molecule has 5 nitrogen and oxygen atoms in total. The Balaban J connectivity index is 1.72. The second kappa shape index (κ2) is 5.29. The van der Waals surface area contributed by atoms with Gasteiger partial charge < -0.3 is 10.4 Å². The average Bonchev–Trinajstić information content (AvgIpc) is 3.00. The van der Waals surface area contributed by atoms with E-state index in [1.165, 1.54) is 11.6 Å². The Morgan fingerprint density at radius 2 is 2.33 bits per heavy atom. The van der Waals surface area contributed by atoms with Crippen LogP contribution in [0.4, 0.5) is 4.39 Å². The van der Waals surface area contributed by atoms with E-state index in [4.69, 9.17) is 5.11 Å². The van der Waals surface area contributed by atoms with Gasteiger partial charge in [0, 0.05) is 19.6 Å². The van der Waals surface area contributed by atoms with Gasteiger partial charge in [-0.3, -0.25) is 4.68 Å². The van der Waals surface area contributed by atoms with E-state index in [0.717, 1.165) is 24.1 Å². The number of halogens is 1. The van der Waals surface area contributed by atoms with Gasteiger partial charge in [-0.25, -0.2) is 9.18 Å². The molecule has 0 fully saturated rings. The number of aromatic carboxylic acids is 1. The van der Waals surface area contributed by atoms with Crippen LogP contribution in [0, 0.1) is 5.82 Å². The van der Waals surface area contributed by atoms with Gasteiger partial charge >= 0.3 is 5.97 Å². The number of carboxylic acids is 1. The first-order valence-electron chi connectivity index (χ1n) is 6.82. The number of aryl methyl sites for hydroxylation is 2. The van der Waals surface area contributed by atoms with E-state index in [1.54, 1.807) is 23.9 Å². The van der Waals surface area contributed by atoms with Gasteiger partial charge in [0.05, 0.1) is 5.69 Å². The van der Waals surface area contributed by atoms with Gasteiger partial charge in [-0.1, -0.05) is 6.07 Å². The van der Waals surface area contributed by atoms with E-state index in [-0.39, 0.29) is 17.6 Å². The zero-order valence-electron chi connectivity index (χ0n) is 11.6. The van der Waals surface area contributed by atoms with Crippen molar-refractivity contribution in [3.8, 4) is 0 Å². The van der Waals surface area contributed by atoms with E-state index in [0.29, 0.717) is 6.54 Å². The molecule has 0 spiro atoms. The lowest BCUT2D eigenvalue weighted by Crippen LogP contribution is -2.20. The zero-order chi connectivity index (χ0) is 15.0. The molecule has 1 aliphatic rings. The van der Waals surface area contributed by atoms with E-state index >= 15 is 0 Å². The summed E-state index contributed by atoms with van der Waals surface area (Å²) in [5.74, 6) is -1.26. The molecule has 2 N–H and O–H groups in total. The number of benzene rings is 1. The van der Waals surface area contributed by atoms with Gasteiger partial charge in [0.2, 0.25) is 0 Å². The van der Waals surface area contributed by atoms with Gasteiger partial charge in [0.15, 0.2) is 5.69 Å². The van der Waals surface area contributed by atoms with Crippen LogP contribution >= 0.6 is 0 Å². The van der Waals surface area contributed by atoms with Crippen LogP contribution < -0.4 is 5.32 Å². The van der Waals surface area contributed by atoms with Crippen LogP contribution in [0.2, 0.25) is 0 Å². The molecule has 1 aromatic carbocycles. The van der Waals surface area contributed by atoms with Gasteiger partial charge in [-0.2, -0.15) is 5.10 Å². The minimum atomic E-state index is -1.04. The topological polar surface area (TPSA) is 67.2 Å². The van der Waals surface area contributed by atoms with Crippen LogP contribution in [0.1, 0.15) is 39.8 Å². The summed E-state index contributed by atoms with van der Waals surface area (Å²) in [6.45, 7) is 0.497. The predicted molar refractivity (Wildman–Crippen MR) is 74.5 cm³/mol. The number of fused-ring (bicyclic) bond motifs is 1. The molecule has 1 aliphatic carbocycles. The summed E-state index contributed by atoms with van der Waals surface area (Å²) in [6.07, 6.45) is 1.85. The van der Waals surface area contributed by atoms with Gasteiger partial charge in [0.1, 0.15) is 5.82 Å². The molecular formula is C15H16FN3O2. The fourth-order valence-corrected chi connectivity index (χ4v) is 2.79. The predicted octanol–water partition coefficient (Wildman–Crippen LogP) is 2.03. The molecule has 0 aliphatic heterocycles. The van der Waals surface area contributed by atoms with Crippen molar-refractivity contribution >= 4 is 5.97 Å². The summed E-state index contributed by atoms with van der Waals surface area (Å²) < 4.78 is 14.9. The summed E-state index contributed by atoms with van der Waals surface area (Å²) in [5, 5.41) is 16.2. The van der Waals surface area contributed by atoms with Crippen molar-refractivity contribution < 1.29 is 14.3 Å². The fraction of sp³-hybridized carbons (Fsp3) is 0.333. The van der Waals surface area contributed by atoms with E-state index in [9.17, 15) is 9.18 Å². The third-order valence-corrected chi connectivity index (χ3v) is 3.91. The average molecular weight is 289 g/mol. The third kappa shape index (κ3) is 2.67. The Bertz CT molecular complexity index is 696. The molecule has 6 heteroatoms. The molecule has 0 saturated carbocycles. The van der Waals surface area contributed by atoms with Crippen LogP contribution in [0.25, 0.3) is 0 Å². The number of aromatic nitrogens is 2. The Kier molecular flexibility index (Phi) is 3.47. The second-order valence-electron chi connectivity index (χ2n) is 5.26. The molecule has 0 radical (unpaired) electrons. The van der Waals surface area contributed by atoms with Crippen molar-refractivity contribution in [1.29, 1.82) is 0 Å². The lowest BCUT2D eigenvalue weighted by Gasteiger charge is -2.14. The maximum Gasteiger partial charge on any atom is 0.356 e. The highest BCUT2D eigenvalue weighted by Crippen LogP contribution is 2.31. The molecule has 3 rings (SSSR count). The maximum absolute atomic E-state index is 13.3. The van der Waals surface area contributed by atoms with Crippen LogP contribution in [0.15, 0.2) is 24.3 Å². The third-order valence-electron chi connectivity index (χ3n) is 3.91. The SMILES string of the molecule is Cn1nc(C(=O)O)cc1CNC1CCc2ccc(F)cc21. The normalized spacial score (nSPS) is 17.0. The Labute approximate surface area is 121 Å². The van der Waals surface area contributed by atoms with Crippen LogP contribution in [0.5, 0.6) is 0 Å². The number of hydrogen-bond acceptors (Lipinski definition) is 3. The summed E-state index contributed by atoms with van der Waals surface area (Å²) in [7, 11) is 1.71. The van der Waals surface area contributed by atoms with Crippen molar-refractivity contribution in [1.82, 2.24) is 15.1 Å². The molecule has 2 aromatic rings. The number of nitrogens with zero attached hydrogens (tertiary/aromatic N) is 2. The standard InChI is InChI=1S/C15H16FN3O2/c1-19-11(7-14(18-19)15(20)21)8-17-13-5-3-9-2-4-10(16)6-12(9)13/h2,4,6-7,13,17H,3,5,8H2,1H3,(H,20,21). The van der Waals surface area contributed by atoms with Crippen molar-refractivity contribution in [2.75, 3.05) is 0 Å². The molecule has 1 unspecified atom stereocenters. The van der Waals surface area contributed by atoms with Crippen LogP contribution in [0.3, 0.4) is 0 Å². The zero-order valence-corrected chi connectivity index (χ0v) is 11.6. The lowest BCUT2D eigenvalue weighted by molar-refractivity contribution is 0.0689. The fourth-order valence-electron chi connectivity index (χ4n) is 2.79. The van der Waals surface area contributed by atoms with Crippen molar-refractivity contribution in [3.05, 3.63) is 52.6 Å². The number of hydrogen-bond donors (Lipinski definition) is 2. The first kappa shape index (κ1) is 13.8. The molecule has 21 heavy (non-hydrogen) atoms. The molecular weight excluding hydrogens is 273 g/mol. The smallest absolute Gasteiger partial charge is 0.356 e. The maximum atomic E-state index is 13.3. The van der Waals surface area contributed by atoms with Crippen molar-refractivity contribution in [2.24, 2.45) is 7.05 Å². The Morgan fingerprint density at radius 3 is 3.05 bits per heavy atom. The van der Waals surface area contributed by atoms with Crippen molar-refractivity contribution in [2.45, 2.75) is 25.4 Å². The molecule has 1 aromatic heterocycles. The highest BCUT2D eigenvalue weighted by atomic mass is 19.1.